The second-order valence-corrected chi connectivity index (χ2v) is 6.16. The van der Waals surface area contributed by atoms with Crippen LogP contribution in [-0.4, -0.2) is 31.6 Å². The minimum Gasteiger partial charge on any atom is -0.366 e. The number of benzene rings is 1. The predicted octanol–water partition coefficient (Wildman–Crippen LogP) is 2.77. The van der Waals surface area contributed by atoms with Crippen LogP contribution in [0.2, 0.25) is 0 Å². The molecule has 1 aromatic rings. The van der Waals surface area contributed by atoms with Crippen LogP contribution in [0.1, 0.15) is 12.8 Å². The third kappa shape index (κ3) is 3.38. The molecule has 0 aromatic heterocycles. The van der Waals surface area contributed by atoms with Crippen LogP contribution in [0, 0.1) is 25.4 Å². The molecular weight excluding hydrogens is 376 g/mol. The average Bonchev–Trinajstić information content (AvgIpc) is 2.42. The first-order valence-electron chi connectivity index (χ1n) is 6.56. The molecule has 2 rings (SSSR count). The number of nitrogens with zero attached hydrogens (tertiary/aromatic N) is 2. The summed E-state index contributed by atoms with van der Waals surface area (Å²) in [5.41, 5.74) is 0.388. The van der Waals surface area contributed by atoms with E-state index in [0.29, 0.717) is 11.6 Å². The van der Waals surface area contributed by atoms with Crippen molar-refractivity contribution in [3.63, 3.8) is 0 Å². The molecule has 0 spiro atoms. The Morgan fingerprint density at radius 3 is 2.70 bits per heavy atom. The molecule has 0 atom stereocenters. The Morgan fingerprint density at radius 1 is 1.50 bits per heavy atom. The molecule has 7 heteroatoms. The van der Waals surface area contributed by atoms with Gasteiger partial charge in [-0.2, -0.15) is 0 Å². The number of nitro benzene ring substituents is 1. The molecule has 1 aliphatic rings. The molecular formula is C13H17FIN3O2. The molecule has 0 radical (unpaired) electrons. The van der Waals surface area contributed by atoms with Crippen molar-refractivity contribution in [1.82, 2.24) is 5.32 Å². The van der Waals surface area contributed by atoms with Crippen molar-refractivity contribution in [2.45, 2.75) is 12.8 Å². The standard InChI is InChI=1S/C13H17FIN3O2/c1-16-8-9-2-4-17(5-3-9)12-6-10(14)11(15)7-13(12)18(19)20/h6-7,9,16H,2-5,8H2,1H3. The molecule has 1 heterocycles. The van der Waals surface area contributed by atoms with Crippen molar-refractivity contribution >= 4 is 34.0 Å². The third-order valence-corrected chi connectivity index (χ3v) is 4.49. The Kier molecular flexibility index (Phi) is 5.14. The van der Waals surface area contributed by atoms with E-state index in [-0.39, 0.29) is 9.26 Å². The number of anilines is 1. The zero-order chi connectivity index (χ0) is 14.7. The summed E-state index contributed by atoms with van der Waals surface area (Å²) in [6.45, 7) is 2.41. The van der Waals surface area contributed by atoms with Gasteiger partial charge in [0.05, 0.1) is 8.49 Å². The Labute approximate surface area is 130 Å². The van der Waals surface area contributed by atoms with Gasteiger partial charge in [-0.25, -0.2) is 4.39 Å². The zero-order valence-electron chi connectivity index (χ0n) is 11.2. The molecule has 0 saturated carbocycles. The van der Waals surface area contributed by atoms with Crippen molar-refractivity contribution in [2.75, 3.05) is 31.6 Å². The van der Waals surface area contributed by atoms with Crippen LogP contribution >= 0.6 is 22.6 Å². The Hall–Kier alpha value is -0.960. The number of hydrogen-bond donors (Lipinski definition) is 1. The molecule has 5 nitrogen and oxygen atoms in total. The molecule has 0 amide bonds. The fourth-order valence-corrected chi connectivity index (χ4v) is 3.04. The van der Waals surface area contributed by atoms with E-state index < -0.39 is 10.7 Å². The summed E-state index contributed by atoms with van der Waals surface area (Å²) in [6.07, 6.45) is 1.93. The lowest BCUT2D eigenvalue weighted by molar-refractivity contribution is -0.384. The minimum absolute atomic E-state index is 0.0112. The molecule has 0 aliphatic carbocycles. The van der Waals surface area contributed by atoms with Crippen molar-refractivity contribution < 1.29 is 9.31 Å². The summed E-state index contributed by atoms with van der Waals surface area (Å²) in [6, 6.07) is 2.60. The highest BCUT2D eigenvalue weighted by Crippen LogP contribution is 2.34. The zero-order valence-corrected chi connectivity index (χ0v) is 13.4. The lowest BCUT2D eigenvalue weighted by Crippen LogP contribution is -2.37. The van der Waals surface area contributed by atoms with E-state index in [1.54, 1.807) is 22.6 Å². The smallest absolute Gasteiger partial charge is 0.293 e. The molecule has 20 heavy (non-hydrogen) atoms. The fourth-order valence-electron chi connectivity index (χ4n) is 2.59. The van der Waals surface area contributed by atoms with E-state index >= 15 is 0 Å². The monoisotopic (exact) mass is 393 g/mol. The molecule has 0 unspecified atom stereocenters. The van der Waals surface area contributed by atoms with Gasteiger partial charge in [0.2, 0.25) is 0 Å². The van der Waals surface area contributed by atoms with Gasteiger partial charge in [0, 0.05) is 25.2 Å². The highest BCUT2D eigenvalue weighted by molar-refractivity contribution is 14.1. The van der Waals surface area contributed by atoms with Gasteiger partial charge in [-0.1, -0.05) is 0 Å². The molecule has 1 aliphatic heterocycles. The van der Waals surface area contributed by atoms with Crippen LogP contribution in [-0.2, 0) is 0 Å². The number of hydrogen-bond acceptors (Lipinski definition) is 4. The van der Waals surface area contributed by atoms with E-state index in [1.165, 1.54) is 12.1 Å². The SMILES string of the molecule is CNCC1CCN(c2cc(F)c(I)cc2[N+](=O)[O-])CC1. The summed E-state index contributed by atoms with van der Waals surface area (Å²) in [7, 11) is 1.92. The normalized spacial score (nSPS) is 16.4. The number of nitrogens with one attached hydrogen (secondary N) is 1. The average molecular weight is 393 g/mol. The van der Waals surface area contributed by atoms with Crippen molar-refractivity contribution in [3.05, 3.63) is 31.6 Å². The third-order valence-electron chi connectivity index (χ3n) is 3.66. The Balaban J connectivity index is 2.21. The van der Waals surface area contributed by atoms with E-state index in [2.05, 4.69) is 5.32 Å². The first kappa shape index (κ1) is 15.4. The van der Waals surface area contributed by atoms with Crippen LogP contribution in [0.15, 0.2) is 12.1 Å². The lowest BCUT2D eigenvalue weighted by Gasteiger charge is -2.33. The van der Waals surface area contributed by atoms with Crippen LogP contribution in [0.5, 0.6) is 0 Å². The highest BCUT2D eigenvalue weighted by atomic mass is 127. The number of rotatable bonds is 4. The van der Waals surface area contributed by atoms with Gasteiger partial charge in [0.25, 0.3) is 5.69 Å². The van der Waals surface area contributed by atoms with E-state index in [4.69, 9.17) is 0 Å². The second-order valence-electron chi connectivity index (χ2n) is 5.00. The first-order chi connectivity index (χ1) is 9.52. The predicted molar refractivity (Wildman–Crippen MR) is 84.6 cm³/mol. The van der Waals surface area contributed by atoms with Gasteiger partial charge >= 0.3 is 0 Å². The molecule has 1 fully saturated rings. The van der Waals surface area contributed by atoms with Gasteiger partial charge in [0.15, 0.2) is 0 Å². The topological polar surface area (TPSA) is 58.4 Å². The van der Waals surface area contributed by atoms with Crippen molar-refractivity contribution in [2.24, 2.45) is 5.92 Å². The number of halogens is 2. The van der Waals surface area contributed by atoms with Crippen LogP contribution in [0.25, 0.3) is 0 Å². The highest BCUT2D eigenvalue weighted by Gasteiger charge is 2.26. The van der Waals surface area contributed by atoms with E-state index in [9.17, 15) is 14.5 Å². The van der Waals surface area contributed by atoms with Crippen LogP contribution in [0.3, 0.4) is 0 Å². The van der Waals surface area contributed by atoms with Crippen molar-refractivity contribution in [3.8, 4) is 0 Å². The second kappa shape index (κ2) is 6.66. The van der Waals surface area contributed by atoms with Gasteiger partial charge in [-0.05, 0) is 54.9 Å². The maximum Gasteiger partial charge on any atom is 0.293 e. The number of piperidine rings is 1. The largest absolute Gasteiger partial charge is 0.366 e. The summed E-state index contributed by atoms with van der Waals surface area (Å²) >= 11 is 1.78. The first-order valence-corrected chi connectivity index (χ1v) is 7.63. The van der Waals surface area contributed by atoms with E-state index in [0.717, 1.165) is 32.5 Å². The summed E-state index contributed by atoms with van der Waals surface area (Å²) in [5, 5.41) is 14.3. The van der Waals surface area contributed by atoms with Crippen molar-refractivity contribution in [1.29, 1.82) is 0 Å². The Morgan fingerprint density at radius 2 is 2.15 bits per heavy atom. The minimum atomic E-state index is -0.434. The Bertz CT molecular complexity index is 505. The number of nitro groups is 1. The molecule has 0 bridgehead atoms. The van der Waals surface area contributed by atoms with Gasteiger partial charge < -0.3 is 10.2 Å². The fraction of sp³-hybridized carbons (Fsp3) is 0.538. The van der Waals surface area contributed by atoms with Crippen LogP contribution in [0.4, 0.5) is 15.8 Å². The quantitative estimate of drug-likeness (QED) is 0.486. The van der Waals surface area contributed by atoms with Gasteiger partial charge in [0.1, 0.15) is 11.5 Å². The summed E-state index contributed by atoms with van der Waals surface area (Å²) in [4.78, 5) is 12.6. The lowest BCUT2D eigenvalue weighted by atomic mass is 9.96. The van der Waals surface area contributed by atoms with E-state index in [1.807, 2.05) is 11.9 Å². The molecule has 1 aromatic carbocycles. The maximum absolute atomic E-state index is 13.7. The van der Waals surface area contributed by atoms with Crippen LogP contribution < -0.4 is 10.2 Å². The van der Waals surface area contributed by atoms with Gasteiger partial charge in [-0.15, -0.1) is 0 Å². The molecule has 1 saturated heterocycles. The molecule has 1 N–H and O–H groups in total. The molecule has 110 valence electrons. The summed E-state index contributed by atoms with van der Waals surface area (Å²) < 4.78 is 14.0. The maximum atomic E-state index is 13.7. The van der Waals surface area contributed by atoms with Gasteiger partial charge in [-0.3, -0.25) is 10.1 Å². The summed E-state index contributed by atoms with van der Waals surface area (Å²) in [5.74, 6) is 0.188.